The molecule has 0 amide bonds. The molecule has 0 spiro atoms. The van der Waals surface area contributed by atoms with Gasteiger partial charge in [0.25, 0.3) is 0 Å². The molecule has 0 aliphatic heterocycles. The lowest BCUT2D eigenvalue weighted by Crippen LogP contribution is -1.95. The zero-order chi connectivity index (χ0) is 13.6. The first-order valence-electron chi connectivity index (χ1n) is 6.07. The maximum Gasteiger partial charge on any atom is 0.139 e. The summed E-state index contributed by atoms with van der Waals surface area (Å²) in [5.41, 5.74) is 11.3. The molecule has 2 N–H and O–H groups in total. The van der Waals surface area contributed by atoms with Gasteiger partial charge in [-0.05, 0) is 31.5 Å². The highest BCUT2D eigenvalue weighted by Crippen LogP contribution is 2.30. The number of hydrogen-bond acceptors (Lipinski definition) is 2. The molecule has 3 rings (SSSR count). The van der Waals surface area contributed by atoms with Crippen molar-refractivity contribution in [2.24, 2.45) is 0 Å². The van der Waals surface area contributed by atoms with Gasteiger partial charge >= 0.3 is 0 Å². The van der Waals surface area contributed by atoms with E-state index < -0.39 is 0 Å². The van der Waals surface area contributed by atoms with Gasteiger partial charge in [-0.25, -0.2) is 4.98 Å². The highest BCUT2D eigenvalue weighted by atomic mass is 35.5. The molecule has 0 aliphatic carbocycles. The van der Waals surface area contributed by atoms with Crippen LogP contribution < -0.4 is 5.73 Å². The van der Waals surface area contributed by atoms with Crippen LogP contribution in [0.3, 0.4) is 0 Å². The molecule has 3 nitrogen and oxygen atoms in total. The van der Waals surface area contributed by atoms with Crippen molar-refractivity contribution in [1.82, 2.24) is 9.38 Å². The Morgan fingerprint density at radius 2 is 1.95 bits per heavy atom. The molecule has 4 heteroatoms. The molecule has 2 aromatic heterocycles. The summed E-state index contributed by atoms with van der Waals surface area (Å²) in [7, 11) is 0. The number of aromatic nitrogens is 2. The van der Waals surface area contributed by atoms with E-state index in [0.717, 1.165) is 16.9 Å². The van der Waals surface area contributed by atoms with E-state index in [9.17, 15) is 0 Å². The van der Waals surface area contributed by atoms with Crippen LogP contribution in [-0.2, 0) is 0 Å². The quantitative estimate of drug-likeness (QED) is 0.730. The average molecular weight is 272 g/mol. The molecule has 0 unspecified atom stereocenters. The number of nitrogens with two attached hydrogens (primary N) is 1. The number of pyridine rings is 1. The van der Waals surface area contributed by atoms with Crippen LogP contribution in [0.2, 0.25) is 5.02 Å². The Labute approximate surface area is 116 Å². The van der Waals surface area contributed by atoms with Crippen molar-refractivity contribution in [2.45, 2.75) is 13.8 Å². The second-order valence-electron chi connectivity index (χ2n) is 4.74. The summed E-state index contributed by atoms with van der Waals surface area (Å²) in [4.78, 5) is 4.59. The fraction of sp³-hybridized carbons (Fsp3) is 0.133. The van der Waals surface area contributed by atoms with Crippen molar-refractivity contribution in [3.63, 3.8) is 0 Å². The van der Waals surface area contributed by atoms with Gasteiger partial charge in [0.05, 0.1) is 5.02 Å². The standard InChI is InChI=1S/C15H14ClN3/c1-9-3-5-12(10(2)7-9)14-15(17)19-8-11(16)4-6-13(19)18-14/h3-8H,17H2,1-2H3. The number of rotatable bonds is 1. The van der Waals surface area contributed by atoms with Crippen molar-refractivity contribution in [3.8, 4) is 11.3 Å². The lowest BCUT2D eigenvalue weighted by molar-refractivity contribution is 1.20. The van der Waals surface area contributed by atoms with Gasteiger partial charge in [0.1, 0.15) is 17.2 Å². The highest BCUT2D eigenvalue weighted by molar-refractivity contribution is 6.30. The smallest absolute Gasteiger partial charge is 0.139 e. The number of imidazole rings is 1. The molecular formula is C15H14ClN3. The Balaban J connectivity index is 2.28. The SMILES string of the molecule is Cc1ccc(-c2nc3ccc(Cl)cn3c2N)c(C)c1. The van der Waals surface area contributed by atoms with E-state index in [1.165, 1.54) is 11.1 Å². The van der Waals surface area contributed by atoms with Crippen molar-refractivity contribution in [3.05, 3.63) is 52.7 Å². The first-order chi connectivity index (χ1) is 9.06. The summed E-state index contributed by atoms with van der Waals surface area (Å²) < 4.78 is 1.82. The number of hydrogen-bond donors (Lipinski definition) is 1. The van der Waals surface area contributed by atoms with Crippen molar-refractivity contribution < 1.29 is 0 Å². The van der Waals surface area contributed by atoms with E-state index in [1.807, 2.05) is 16.5 Å². The minimum Gasteiger partial charge on any atom is -0.383 e. The molecule has 0 bridgehead atoms. The Hall–Kier alpha value is -2.00. The molecule has 2 heterocycles. The Morgan fingerprint density at radius 3 is 2.68 bits per heavy atom. The predicted molar refractivity (Wildman–Crippen MR) is 79.5 cm³/mol. The Kier molecular flexibility index (Phi) is 2.72. The molecule has 19 heavy (non-hydrogen) atoms. The molecule has 0 aliphatic rings. The third-order valence-electron chi connectivity index (χ3n) is 3.26. The third kappa shape index (κ3) is 1.96. The van der Waals surface area contributed by atoms with Crippen molar-refractivity contribution >= 4 is 23.1 Å². The van der Waals surface area contributed by atoms with Crippen LogP contribution in [0, 0.1) is 13.8 Å². The molecular weight excluding hydrogens is 258 g/mol. The van der Waals surface area contributed by atoms with E-state index in [4.69, 9.17) is 17.3 Å². The molecule has 0 radical (unpaired) electrons. The van der Waals surface area contributed by atoms with Crippen LogP contribution in [0.4, 0.5) is 5.82 Å². The second kappa shape index (κ2) is 4.28. The van der Waals surface area contributed by atoms with Crippen LogP contribution in [0.1, 0.15) is 11.1 Å². The van der Waals surface area contributed by atoms with E-state index in [2.05, 4.69) is 37.0 Å². The molecule has 0 atom stereocenters. The molecule has 3 aromatic rings. The zero-order valence-electron chi connectivity index (χ0n) is 10.8. The normalized spacial score (nSPS) is 11.1. The van der Waals surface area contributed by atoms with E-state index in [1.54, 1.807) is 6.20 Å². The predicted octanol–water partition coefficient (Wildman–Crippen LogP) is 3.85. The maximum absolute atomic E-state index is 6.19. The first-order valence-corrected chi connectivity index (χ1v) is 6.45. The highest BCUT2D eigenvalue weighted by Gasteiger charge is 2.13. The van der Waals surface area contributed by atoms with Gasteiger partial charge < -0.3 is 5.73 Å². The zero-order valence-corrected chi connectivity index (χ0v) is 11.6. The number of nitrogens with zero attached hydrogens (tertiary/aromatic N) is 2. The number of fused-ring (bicyclic) bond motifs is 1. The van der Waals surface area contributed by atoms with Crippen molar-refractivity contribution in [1.29, 1.82) is 0 Å². The summed E-state index contributed by atoms with van der Waals surface area (Å²) in [6, 6.07) is 9.94. The molecule has 0 fully saturated rings. The fourth-order valence-electron chi connectivity index (χ4n) is 2.31. The van der Waals surface area contributed by atoms with Crippen LogP contribution in [0.5, 0.6) is 0 Å². The van der Waals surface area contributed by atoms with E-state index >= 15 is 0 Å². The third-order valence-corrected chi connectivity index (χ3v) is 3.48. The van der Waals surface area contributed by atoms with Gasteiger partial charge in [-0.15, -0.1) is 0 Å². The van der Waals surface area contributed by atoms with Crippen LogP contribution in [-0.4, -0.2) is 9.38 Å². The molecule has 0 saturated heterocycles. The number of anilines is 1. The number of aryl methyl sites for hydroxylation is 2. The topological polar surface area (TPSA) is 43.3 Å². The summed E-state index contributed by atoms with van der Waals surface area (Å²) in [5, 5.41) is 0.642. The average Bonchev–Trinajstić information content (AvgIpc) is 2.67. The van der Waals surface area contributed by atoms with Gasteiger partial charge in [0.15, 0.2) is 0 Å². The van der Waals surface area contributed by atoms with Crippen LogP contribution >= 0.6 is 11.6 Å². The van der Waals surface area contributed by atoms with Gasteiger partial charge in [-0.3, -0.25) is 4.40 Å². The lowest BCUT2D eigenvalue weighted by Gasteiger charge is -2.05. The summed E-state index contributed by atoms with van der Waals surface area (Å²) in [5.74, 6) is 0.615. The minimum atomic E-state index is 0.615. The van der Waals surface area contributed by atoms with Gasteiger partial charge in [-0.1, -0.05) is 35.4 Å². The summed E-state index contributed by atoms with van der Waals surface area (Å²) in [6.45, 7) is 4.14. The number of benzene rings is 1. The van der Waals surface area contributed by atoms with Gasteiger partial charge in [-0.2, -0.15) is 0 Å². The van der Waals surface area contributed by atoms with Gasteiger partial charge in [0.2, 0.25) is 0 Å². The number of halogens is 1. The van der Waals surface area contributed by atoms with E-state index in [0.29, 0.717) is 10.8 Å². The van der Waals surface area contributed by atoms with Gasteiger partial charge in [0, 0.05) is 11.8 Å². The Morgan fingerprint density at radius 1 is 1.16 bits per heavy atom. The monoisotopic (exact) mass is 271 g/mol. The lowest BCUT2D eigenvalue weighted by atomic mass is 10.0. The van der Waals surface area contributed by atoms with Crippen LogP contribution in [0.25, 0.3) is 16.9 Å². The molecule has 0 saturated carbocycles. The fourth-order valence-corrected chi connectivity index (χ4v) is 2.48. The summed E-state index contributed by atoms with van der Waals surface area (Å²) >= 11 is 5.99. The largest absolute Gasteiger partial charge is 0.383 e. The van der Waals surface area contributed by atoms with Crippen LogP contribution in [0.15, 0.2) is 36.5 Å². The molecule has 96 valence electrons. The number of nitrogen functional groups attached to an aromatic ring is 1. The first kappa shape index (κ1) is 12.1. The summed E-state index contributed by atoms with van der Waals surface area (Å²) in [6.07, 6.45) is 1.78. The second-order valence-corrected chi connectivity index (χ2v) is 5.18. The minimum absolute atomic E-state index is 0.615. The van der Waals surface area contributed by atoms with Crippen molar-refractivity contribution in [2.75, 3.05) is 5.73 Å². The molecule has 1 aromatic carbocycles. The maximum atomic E-state index is 6.19. The van der Waals surface area contributed by atoms with E-state index in [-0.39, 0.29) is 0 Å². The Bertz CT molecular complexity index is 774.